The van der Waals surface area contributed by atoms with E-state index in [0.29, 0.717) is 11.4 Å². The van der Waals surface area contributed by atoms with Crippen molar-refractivity contribution < 1.29 is 27.9 Å². The number of amides is 3. The molecule has 0 saturated heterocycles. The van der Waals surface area contributed by atoms with Crippen LogP contribution in [0.3, 0.4) is 0 Å². The van der Waals surface area contributed by atoms with Crippen molar-refractivity contribution in [1.82, 2.24) is 18.8 Å². The van der Waals surface area contributed by atoms with E-state index in [0.717, 1.165) is 0 Å². The highest BCUT2D eigenvalue weighted by Gasteiger charge is 2.35. The first-order valence-electron chi connectivity index (χ1n) is 12.8. The van der Waals surface area contributed by atoms with Crippen LogP contribution < -0.4 is 15.4 Å². The van der Waals surface area contributed by atoms with Crippen LogP contribution in [-0.2, 0) is 17.1 Å². The summed E-state index contributed by atoms with van der Waals surface area (Å²) in [6, 6.07) is 12.6. The average Bonchev–Trinajstić information content (AvgIpc) is 3.38. The fraction of sp³-hybridized carbons (Fsp3) is 0.370. The van der Waals surface area contributed by atoms with E-state index in [9.17, 15) is 23.1 Å². The van der Waals surface area contributed by atoms with Gasteiger partial charge in [0.15, 0.2) is 5.03 Å². The van der Waals surface area contributed by atoms with E-state index >= 15 is 0 Å². The SMILES string of the molecule is C[C@@H]1CN([C@@H](C)CO)C(=O)c2cc(NC(=O)Nc3ccccc3)ccc2O[C@@H]1CN(C)S(=O)(=O)c1cn(C)cn1. The fourth-order valence-electron chi connectivity index (χ4n) is 4.37. The number of para-hydroxylation sites is 1. The zero-order chi connectivity index (χ0) is 29.0. The van der Waals surface area contributed by atoms with Crippen LogP contribution in [0.2, 0.25) is 0 Å². The highest BCUT2D eigenvalue weighted by Crippen LogP contribution is 2.31. The molecule has 3 amide bonds. The van der Waals surface area contributed by atoms with E-state index in [1.54, 1.807) is 59.8 Å². The van der Waals surface area contributed by atoms with Crippen LogP contribution in [0.25, 0.3) is 0 Å². The number of carbonyl (C=O) groups is 2. The van der Waals surface area contributed by atoms with Crippen molar-refractivity contribution in [1.29, 1.82) is 0 Å². The Hall–Kier alpha value is -3.94. The summed E-state index contributed by atoms with van der Waals surface area (Å²) in [4.78, 5) is 31.7. The molecule has 1 aliphatic rings. The minimum absolute atomic E-state index is 0.00542. The Labute approximate surface area is 233 Å². The Kier molecular flexibility index (Phi) is 8.76. The van der Waals surface area contributed by atoms with Crippen molar-refractivity contribution in [3.63, 3.8) is 0 Å². The van der Waals surface area contributed by atoms with Crippen LogP contribution in [0.4, 0.5) is 16.2 Å². The van der Waals surface area contributed by atoms with Crippen molar-refractivity contribution in [2.75, 3.05) is 37.4 Å². The third-order valence-corrected chi connectivity index (χ3v) is 8.46. The molecule has 0 aliphatic carbocycles. The lowest BCUT2D eigenvalue weighted by molar-refractivity contribution is 0.0387. The van der Waals surface area contributed by atoms with Gasteiger partial charge in [0.1, 0.15) is 11.9 Å². The maximum atomic E-state index is 13.6. The number of imidazole rings is 1. The Balaban J connectivity index is 1.61. The predicted molar refractivity (Wildman–Crippen MR) is 150 cm³/mol. The van der Waals surface area contributed by atoms with E-state index in [-0.39, 0.29) is 47.9 Å². The Morgan fingerprint density at radius 3 is 2.55 bits per heavy atom. The molecule has 12 nitrogen and oxygen atoms in total. The first-order chi connectivity index (χ1) is 19.0. The summed E-state index contributed by atoms with van der Waals surface area (Å²) >= 11 is 0. The minimum atomic E-state index is -3.88. The number of aliphatic hydroxyl groups excluding tert-OH is 1. The maximum Gasteiger partial charge on any atom is 0.323 e. The molecule has 0 saturated carbocycles. The van der Waals surface area contributed by atoms with Crippen LogP contribution in [0.5, 0.6) is 5.75 Å². The third kappa shape index (κ3) is 6.43. The summed E-state index contributed by atoms with van der Waals surface area (Å²) in [6.45, 7) is 3.55. The van der Waals surface area contributed by atoms with Gasteiger partial charge < -0.3 is 29.9 Å². The number of nitrogens with one attached hydrogen (secondary N) is 2. The van der Waals surface area contributed by atoms with Crippen LogP contribution in [0, 0.1) is 5.92 Å². The van der Waals surface area contributed by atoms with Crippen molar-refractivity contribution in [2.24, 2.45) is 13.0 Å². The summed E-state index contributed by atoms with van der Waals surface area (Å²) in [5, 5.41) is 15.2. The van der Waals surface area contributed by atoms with Crippen LogP contribution in [0.15, 0.2) is 66.1 Å². The molecule has 1 aliphatic heterocycles. The van der Waals surface area contributed by atoms with Gasteiger partial charge >= 0.3 is 6.03 Å². The molecule has 13 heteroatoms. The van der Waals surface area contributed by atoms with E-state index < -0.39 is 28.2 Å². The maximum absolute atomic E-state index is 13.6. The zero-order valence-electron chi connectivity index (χ0n) is 22.8. The standard InChI is InChI=1S/C27H34N6O6S/c1-18-13-33(19(2)16-34)26(35)22-12-21(30-27(36)29-20-8-6-5-7-9-20)10-11-23(22)39-24(18)14-32(4)40(37,38)25-15-31(3)17-28-25/h5-12,15,17-19,24,34H,13-14,16H2,1-4H3,(H2,29,30,36)/t18-,19+,24-/m1/s1. The molecule has 0 fully saturated rings. The Morgan fingerprint density at radius 2 is 1.90 bits per heavy atom. The number of hydrogen-bond donors (Lipinski definition) is 3. The summed E-state index contributed by atoms with van der Waals surface area (Å²) in [6.07, 6.45) is 2.20. The largest absolute Gasteiger partial charge is 0.488 e. The molecule has 40 heavy (non-hydrogen) atoms. The monoisotopic (exact) mass is 570 g/mol. The first kappa shape index (κ1) is 29.1. The Bertz CT molecular complexity index is 1460. The second kappa shape index (κ2) is 12.1. The molecule has 3 atom stereocenters. The summed E-state index contributed by atoms with van der Waals surface area (Å²) in [5.41, 5.74) is 1.15. The quantitative estimate of drug-likeness (QED) is 0.377. The first-order valence-corrected chi connectivity index (χ1v) is 14.2. The average molecular weight is 571 g/mol. The molecule has 0 bridgehead atoms. The number of hydrogen-bond acceptors (Lipinski definition) is 7. The van der Waals surface area contributed by atoms with Gasteiger partial charge in [-0.3, -0.25) is 4.79 Å². The van der Waals surface area contributed by atoms with E-state index in [1.807, 2.05) is 13.0 Å². The van der Waals surface area contributed by atoms with E-state index in [2.05, 4.69) is 15.6 Å². The van der Waals surface area contributed by atoms with Crippen LogP contribution in [-0.4, -0.2) is 83.1 Å². The summed E-state index contributed by atoms with van der Waals surface area (Å²) in [7, 11) is -0.743. The zero-order valence-corrected chi connectivity index (χ0v) is 23.6. The van der Waals surface area contributed by atoms with Crippen LogP contribution >= 0.6 is 0 Å². The fourth-order valence-corrected chi connectivity index (χ4v) is 5.51. The number of anilines is 2. The number of benzene rings is 2. The number of nitrogens with zero attached hydrogens (tertiary/aromatic N) is 4. The number of sulfonamides is 1. The van der Waals surface area contributed by atoms with Gasteiger partial charge in [0, 0.05) is 44.1 Å². The number of aryl methyl sites for hydroxylation is 1. The van der Waals surface area contributed by atoms with Gasteiger partial charge in [-0.25, -0.2) is 18.2 Å². The van der Waals surface area contributed by atoms with Gasteiger partial charge in [-0.15, -0.1) is 0 Å². The predicted octanol–water partition coefficient (Wildman–Crippen LogP) is 2.60. The third-order valence-electron chi connectivity index (χ3n) is 6.75. The lowest BCUT2D eigenvalue weighted by Gasteiger charge is -2.38. The van der Waals surface area contributed by atoms with Gasteiger partial charge in [-0.2, -0.15) is 4.31 Å². The number of fused-ring (bicyclic) bond motifs is 1. The minimum Gasteiger partial charge on any atom is -0.488 e. The number of ether oxygens (including phenoxy) is 1. The molecular formula is C27H34N6O6S. The van der Waals surface area contributed by atoms with Crippen molar-refractivity contribution >= 4 is 33.3 Å². The second-order valence-electron chi connectivity index (χ2n) is 9.94. The molecule has 0 unspecified atom stereocenters. The van der Waals surface area contributed by atoms with E-state index in [1.165, 1.54) is 29.9 Å². The Morgan fingerprint density at radius 1 is 1.20 bits per heavy atom. The molecular weight excluding hydrogens is 536 g/mol. The normalized spacial score (nSPS) is 18.4. The highest BCUT2D eigenvalue weighted by molar-refractivity contribution is 7.89. The number of likely N-dealkylation sites (N-methyl/N-ethyl adjacent to an activating group) is 1. The number of rotatable bonds is 8. The number of aliphatic hydroxyl groups is 1. The molecule has 0 radical (unpaired) electrons. The number of aromatic nitrogens is 2. The molecule has 3 N–H and O–H groups in total. The van der Waals surface area contributed by atoms with Gasteiger partial charge in [0.25, 0.3) is 15.9 Å². The summed E-state index contributed by atoms with van der Waals surface area (Å²) in [5.74, 6) is -0.417. The second-order valence-corrected chi connectivity index (χ2v) is 11.9. The molecule has 2 heterocycles. The molecule has 3 aromatic rings. The van der Waals surface area contributed by atoms with Gasteiger partial charge in [-0.05, 0) is 37.3 Å². The topological polar surface area (TPSA) is 146 Å². The summed E-state index contributed by atoms with van der Waals surface area (Å²) < 4.78 is 35.3. The van der Waals surface area contributed by atoms with Crippen LogP contribution in [0.1, 0.15) is 24.2 Å². The molecule has 4 rings (SSSR count). The highest BCUT2D eigenvalue weighted by atomic mass is 32.2. The van der Waals surface area contributed by atoms with E-state index in [4.69, 9.17) is 4.74 Å². The molecule has 0 spiro atoms. The van der Waals surface area contributed by atoms with Crippen molar-refractivity contribution in [2.45, 2.75) is 31.0 Å². The van der Waals surface area contributed by atoms with Crippen molar-refractivity contribution in [3.05, 3.63) is 66.6 Å². The smallest absolute Gasteiger partial charge is 0.323 e. The lowest BCUT2D eigenvalue weighted by Crippen LogP contribution is -2.50. The van der Waals surface area contributed by atoms with Crippen molar-refractivity contribution in [3.8, 4) is 5.75 Å². The number of carbonyl (C=O) groups excluding carboxylic acids is 2. The van der Waals surface area contributed by atoms with Gasteiger partial charge in [0.05, 0.1) is 31.1 Å². The molecule has 214 valence electrons. The number of urea groups is 1. The lowest BCUT2D eigenvalue weighted by atomic mass is 9.99. The van der Waals surface area contributed by atoms with Gasteiger partial charge in [-0.1, -0.05) is 25.1 Å². The van der Waals surface area contributed by atoms with Gasteiger partial charge in [0.2, 0.25) is 0 Å². The molecule has 2 aromatic carbocycles. The molecule has 1 aromatic heterocycles.